The third-order valence-corrected chi connectivity index (χ3v) is 2.16. The van der Waals surface area contributed by atoms with E-state index in [1.807, 2.05) is 0 Å². The summed E-state index contributed by atoms with van der Waals surface area (Å²) in [6, 6.07) is 11.1. The van der Waals surface area contributed by atoms with Crippen LogP contribution in [0.3, 0.4) is 0 Å². The van der Waals surface area contributed by atoms with Crippen molar-refractivity contribution in [2.24, 2.45) is 10.2 Å². The van der Waals surface area contributed by atoms with Gasteiger partial charge in [-0.1, -0.05) is 12.1 Å². The van der Waals surface area contributed by atoms with Crippen LogP contribution in [0.2, 0.25) is 0 Å². The molecule has 17 heavy (non-hydrogen) atoms. The fourth-order valence-electron chi connectivity index (χ4n) is 1.28. The van der Waals surface area contributed by atoms with Crippen molar-refractivity contribution in [3.63, 3.8) is 0 Å². The number of benzene rings is 2. The van der Waals surface area contributed by atoms with Gasteiger partial charge in [0.25, 0.3) is 0 Å². The smallest absolute Gasteiger partial charge is 0.146 e. The fraction of sp³-hybridized carbons (Fsp3) is 0. The molecule has 5 nitrogen and oxygen atoms in total. The summed E-state index contributed by atoms with van der Waals surface area (Å²) in [7, 11) is 0. The summed E-state index contributed by atoms with van der Waals surface area (Å²) in [5.74, 6) is -0.163. The molecule has 0 amide bonds. The number of rotatable bonds is 2. The van der Waals surface area contributed by atoms with Gasteiger partial charge in [0.05, 0.1) is 5.69 Å². The van der Waals surface area contributed by atoms with Crippen molar-refractivity contribution in [2.45, 2.75) is 0 Å². The predicted molar refractivity (Wildman–Crippen MR) is 64.8 cm³/mol. The molecule has 0 atom stereocenters. The van der Waals surface area contributed by atoms with Crippen LogP contribution in [-0.4, -0.2) is 10.2 Å². The van der Waals surface area contributed by atoms with Crippen LogP contribution in [0.25, 0.3) is 0 Å². The van der Waals surface area contributed by atoms with Crippen molar-refractivity contribution < 1.29 is 10.2 Å². The van der Waals surface area contributed by atoms with E-state index in [0.29, 0.717) is 11.4 Å². The zero-order valence-electron chi connectivity index (χ0n) is 8.91. The standard InChI is InChI=1S/C12H11N3O2/c13-9-3-1-2-4-10(9)14-15-11-6-5-8(16)7-12(11)17/h1-7,16-17H,13H2. The van der Waals surface area contributed by atoms with E-state index in [4.69, 9.17) is 10.8 Å². The Bertz CT molecular complexity index is 567. The van der Waals surface area contributed by atoms with E-state index in [0.717, 1.165) is 0 Å². The van der Waals surface area contributed by atoms with Crippen LogP contribution in [0.5, 0.6) is 11.5 Å². The highest BCUT2D eigenvalue weighted by atomic mass is 16.3. The van der Waals surface area contributed by atoms with Crippen LogP contribution in [0.1, 0.15) is 0 Å². The van der Waals surface area contributed by atoms with Crippen LogP contribution >= 0.6 is 0 Å². The maximum Gasteiger partial charge on any atom is 0.146 e. The molecule has 0 spiro atoms. The lowest BCUT2D eigenvalue weighted by molar-refractivity contribution is 0.451. The highest BCUT2D eigenvalue weighted by Crippen LogP contribution is 2.32. The fourth-order valence-corrected chi connectivity index (χ4v) is 1.28. The summed E-state index contributed by atoms with van der Waals surface area (Å²) in [6.45, 7) is 0. The largest absolute Gasteiger partial charge is 0.508 e. The molecule has 2 aromatic carbocycles. The summed E-state index contributed by atoms with van der Waals surface area (Å²) in [5.41, 5.74) is 7.00. The molecule has 0 unspecified atom stereocenters. The monoisotopic (exact) mass is 229 g/mol. The Kier molecular flexibility index (Phi) is 2.91. The number of para-hydroxylation sites is 1. The summed E-state index contributed by atoms with van der Waals surface area (Å²) in [4.78, 5) is 0. The van der Waals surface area contributed by atoms with E-state index in [-0.39, 0.29) is 17.2 Å². The number of anilines is 1. The molecule has 0 saturated heterocycles. The van der Waals surface area contributed by atoms with Crippen molar-refractivity contribution in [3.05, 3.63) is 42.5 Å². The second kappa shape index (κ2) is 4.52. The van der Waals surface area contributed by atoms with Gasteiger partial charge in [0, 0.05) is 6.07 Å². The van der Waals surface area contributed by atoms with Crippen molar-refractivity contribution in [1.29, 1.82) is 0 Å². The first-order valence-corrected chi connectivity index (χ1v) is 4.95. The first-order valence-electron chi connectivity index (χ1n) is 4.95. The number of hydrogen-bond acceptors (Lipinski definition) is 5. The van der Waals surface area contributed by atoms with Crippen LogP contribution in [0, 0.1) is 0 Å². The highest BCUT2D eigenvalue weighted by molar-refractivity contribution is 5.62. The molecule has 86 valence electrons. The number of aromatic hydroxyl groups is 2. The first-order chi connectivity index (χ1) is 8.16. The highest BCUT2D eigenvalue weighted by Gasteiger charge is 2.01. The number of hydrogen-bond donors (Lipinski definition) is 3. The third kappa shape index (κ3) is 2.52. The Labute approximate surface area is 97.9 Å². The molecule has 2 rings (SSSR count). The number of nitrogens with two attached hydrogens (primary N) is 1. The number of phenols is 2. The van der Waals surface area contributed by atoms with E-state index >= 15 is 0 Å². The molecule has 0 aliphatic heterocycles. The van der Waals surface area contributed by atoms with Gasteiger partial charge < -0.3 is 15.9 Å². The topological polar surface area (TPSA) is 91.2 Å². The van der Waals surface area contributed by atoms with Crippen LogP contribution in [0.15, 0.2) is 52.7 Å². The maximum atomic E-state index is 9.49. The summed E-state index contributed by atoms with van der Waals surface area (Å²) in [6.07, 6.45) is 0. The summed E-state index contributed by atoms with van der Waals surface area (Å²) in [5, 5.41) is 26.4. The minimum absolute atomic E-state index is 0.0272. The lowest BCUT2D eigenvalue weighted by Gasteiger charge is -1.99. The molecule has 0 aliphatic rings. The molecule has 0 saturated carbocycles. The second-order valence-electron chi connectivity index (χ2n) is 3.43. The molecule has 0 radical (unpaired) electrons. The zero-order chi connectivity index (χ0) is 12.3. The van der Waals surface area contributed by atoms with E-state index in [2.05, 4.69) is 10.2 Å². The van der Waals surface area contributed by atoms with Crippen LogP contribution < -0.4 is 5.73 Å². The molecule has 0 bridgehead atoms. The van der Waals surface area contributed by atoms with Gasteiger partial charge in [-0.15, -0.1) is 10.2 Å². The maximum absolute atomic E-state index is 9.49. The Morgan fingerprint density at radius 1 is 0.882 bits per heavy atom. The van der Waals surface area contributed by atoms with Crippen molar-refractivity contribution in [2.75, 3.05) is 5.73 Å². The molecular formula is C12H11N3O2. The number of nitrogen functional groups attached to an aromatic ring is 1. The average Bonchev–Trinajstić information content (AvgIpc) is 2.30. The predicted octanol–water partition coefficient (Wildman–Crippen LogP) is 3.10. The molecular weight excluding hydrogens is 218 g/mol. The van der Waals surface area contributed by atoms with E-state index in [1.54, 1.807) is 24.3 Å². The van der Waals surface area contributed by atoms with Gasteiger partial charge in [0.2, 0.25) is 0 Å². The van der Waals surface area contributed by atoms with Gasteiger partial charge in [-0.05, 0) is 24.3 Å². The van der Waals surface area contributed by atoms with Crippen molar-refractivity contribution in [3.8, 4) is 11.5 Å². The lowest BCUT2D eigenvalue weighted by atomic mass is 10.3. The lowest BCUT2D eigenvalue weighted by Crippen LogP contribution is -1.82. The Morgan fingerprint density at radius 2 is 1.59 bits per heavy atom. The normalized spacial score (nSPS) is 10.8. The molecule has 0 heterocycles. The molecule has 5 heteroatoms. The van der Waals surface area contributed by atoms with E-state index < -0.39 is 0 Å². The second-order valence-corrected chi connectivity index (χ2v) is 3.43. The number of azo groups is 1. The van der Waals surface area contributed by atoms with Gasteiger partial charge >= 0.3 is 0 Å². The van der Waals surface area contributed by atoms with Crippen LogP contribution in [0.4, 0.5) is 17.1 Å². The minimum Gasteiger partial charge on any atom is -0.508 e. The number of nitrogens with zero attached hydrogens (tertiary/aromatic N) is 2. The van der Waals surface area contributed by atoms with Gasteiger partial charge in [0.15, 0.2) is 0 Å². The number of phenolic OH excluding ortho intramolecular Hbond substituents is 2. The SMILES string of the molecule is Nc1ccccc1N=Nc1ccc(O)cc1O. The quantitative estimate of drug-likeness (QED) is 0.545. The van der Waals surface area contributed by atoms with Gasteiger partial charge in [-0.25, -0.2) is 0 Å². The van der Waals surface area contributed by atoms with E-state index in [1.165, 1.54) is 18.2 Å². The molecule has 0 fully saturated rings. The zero-order valence-corrected chi connectivity index (χ0v) is 8.91. The average molecular weight is 229 g/mol. The summed E-state index contributed by atoms with van der Waals surface area (Å²) >= 11 is 0. The minimum atomic E-state index is -0.136. The molecule has 4 N–H and O–H groups in total. The van der Waals surface area contributed by atoms with Crippen LogP contribution in [-0.2, 0) is 0 Å². The van der Waals surface area contributed by atoms with Crippen molar-refractivity contribution in [1.82, 2.24) is 0 Å². The molecule has 0 aromatic heterocycles. The third-order valence-electron chi connectivity index (χ3n) is 2.16. The van der Waals surface area contributed by atoms with Gasteiger partial charge in [-0.2, -0.15) is 0 Å². The Hall–Kier alpha value is -2.56. The summed E-state index contributed by atoms with van der Waals surface area (Å²) < 4.78 is 0. The Morgan fingerprint density at radius 3 is 2.29 bits per heavy atom. The first kappa shape index (κ1) is 10.9. The van der Waals surface area contributed by atoms with Gasteiger partial charge in [-0.3, -0.25) is 0 Å². The van der Waals surface area contributed by atoms with Gasteiger partial charge in [0.1, 0.15) is 22.9 Å². The van der Waals surface area contributed by atoms with Crippen molar-refractivity contribution >= 4 is 17.1 Å². The Balaban J connectivity index is 2.29. The molecule has 2 aromatic rings. The molecule has 0 aliphatic carbocycles. The van der Waals surface area contributed by atoms with E-state index in [9.17, 15) is 5.11 Å².